The minimum absolute atomic E-state index is 0.254. The molecule has 0 saturated carbocycles. The molecule has 2 aromatic rings. The van der Waals surface area contributed by atoms with Crippen molar-refractivity contribution in [1.82, 2.24) is 14.5 Å². The maximum atomic E-state index is 14.0. The van der Waals surface area contributed by atoms with Crippen LogP contribution >= 0.6 is 11.6 Å². The fourth-order valence-corrected chi connectivity index (χ4v) is 4.31. The van der Waals surface area contributed by atoms with E-state index in [1.807, 2.05) is 6.07 Å². The van der Waals surface area contributed by atoms with Gasteiger partial charge in [-0.2, -0.15) is 0 Å². The molecular weight excluding hydrogens is 289 g/mol. The van der Waals surface area contributed by atoms with Crippen LogP contribution < -0.4 is 0 Å². The molecule has 5 heteroatoms. The van der Waals surface area contributed by atoms with Gasteiger partial charge in [0.25, 0.3) is 0 Å². The van der Waals surface area contributed by atoms with E-state index in [4.69, 9.17) is 11.6 Å². The molecule has 3 heterocycles. The summed E-state index contributed by atoms with van der Waals surface area (Å²) in [5.74, 6) is 0.877. The van der Waals surface area contributed by atoms with Gasteiger partial charge in [-0.25, -0.2) is 9.37 Å². The lowest BCUT2D eigenvalue weighted by molar-refractivity contribution is 0.174. The van der Waals surface area contributed by atoms with Gasteiger partial charge in [0.15, 0.2) is 5.82 Å². The molecule has 0 amide bonds. The predicted molar refractivity (Wildman–Crippen MR) is 82.1 cm³/mol. The molecule has 112 valence electrons. The fraction of sp³-hybridized carbons (Fsp3) is 0.562. The zero-order valence-electron chi connectivity index (χ0n) is 11.9. The summed E-state index contributed by atoms with van der Waals surface area (Å²) in [6.45, 7) is 2.32. The Kier molecular flexibility index (Phi) is 3.38. The van der Waals surface area contributed by atoms with E-state index in [0.29, 0.717) is 23.5 Å². The van der Waals surface area contributed by atoms with Gasteiger partial charge in [-0.3, -0.25) is 4.90 Å². The largest absolute Gasteiger partial charge is 0.322 e. The van der Waals surface area contributed by atoms with Crippen LogP contribution in [0, 0.1) is 5.82 Å². The number of para-hydroxylation sites is 1. The molecule has 0 radical (unpaired) electrons. The van der Waals surface area contributed by atoms with Crippen molar-refractivity contribution in [3.05, 3.63) is 29.8 Å². The SMILES string of the molecule is Fc1cccc2c1nc(CCl)n2C1CCN2CCCCC12. The fourth-order valence-electron chi connectivity index (χ4n) is 4.12. The average molecular weight is 308 g/mol. The lowest BCUT2D eigenvalue weighted by Gasteiger charge is -2.33. The van der Waals surface area contributed by atoms with Crippen LogP contribution in [0.4, 0.5) is 4.39 Å². The lowest BCUT2D eigenvalue weighted by Crippen LogP contribution is -2.38. The maximum absolute atomic E-state index is 14.0. The van der Waals surface area contributed by atoms with E-state index < -0.39 is 0 Å². The molecule has 0 aliphatic carbocycles. The van der Waals surface area contributed by atoms with Gasteiger partial charge < -0.3 is 4.57 Å². The van der Waals surface area contributed by atoms with E-state index in [9.17, 15) is 4.39 Å². The highest BCUT2D eigenvalue weighted by molar-refractivity contribution is 6.16. The molecule has 2 atom stereocenters. The number of imidazole rings is 1. The monoisotopic (exact) mass is 307 g/mol. The molecule has 2 aliphatic heterocycles. The van der Waals surface area contributed by atoms with Gasteiger partial charge in [0.2, 0.25) is 0 Å². The molecule has 21 heavy (non-hydrogen) atoms. The van der Waals surface area contributed by atoms with E-state index in [1.54, 1.807) is 6.07 Å². The van der Waals surface area contributed by atoms with Gasteiger partial charge in [-0.1, -0.05) is 12.5 Å². The van der Waals surface area contributed by atoms with Crippen LogP contribution in [0.15, 0.2) is 18.2 Å². The Balaban J connectivity index is 1.84. The van der Waals surface area contributed by atoms with Crippen molar-refractivity contribution >= 4 is 22.6 Å². The lowest BCUT2D eigenvalue weighted by atomic mass is 9.98. The first-order chi connectivity index (χ1) is 10.3. The first-order valence-corrected chi connectivity index (χ1v) is 8.28. The van der Waals surface area contributed by atoms with Crippen molar-refractivity contribution in [3.63, 3.8) is 0 Å². The Bertz CT molecular complexity index is 669. The Morgan fingerprint density at radius 3 is 2.95 bits per heavy atom. The maximum Gasteiger partial charge on any atom is 0.151 e. The van der Waals surface area contributed by atoms with E-state index in [2.05, 4.69) is 14.5 Å². The third-order valence-corrected chi connectivity index (χ3v) is 5.25. The number of halogens is 2. The molecule has 0 spiro atoms. The zero-order chi connectivity index (χ0) is 14.4. The van der Waals surface area contributed by atoms with Crippen molar-refractivity contribution < 1.29 is 4.39 Å². The smallest absolute Gasteiger partial charge is 0.151 e. The molecule has 1 aromatic heterocycles. The van der Waals surface area contributed by atoms with Gasteiger partial charge in [0, 0.05) is 12.6 Å². The quantitative estimate of drug-likeness (QED) is 0.789. The minimum atomic E-state index is -0.254. The number of fused-ring (bicyclic) bond motifs is 2. The Labute approximate surface area is 128 Å². The summed E-state index contributed by atoms with van der Waals surface area (Å²) in [4.78, 5) is 7.03. The van der Waals surface area contributed by atoms with Crippen LogP contribution in [0.25, 0.3) is 11.0 Å². The van der Waals surface area contributed by atoms with Gasteiger partial charge >= 0.3 is 0 Å². The van der Waals surface area contributed by atoms with Crippen LogP contribution in [-0.4, -0.2) is 33.6 Å². The normalized spacial score (nSPS) is 26.4. The average Bonchev–Trinajstić information content (AvgIpc) is 3.08. The van der Waals surface area contributed by atoms with Crippen molar-refractivity contribution in [1.29, 1.82) is 0 Å². The number of nitrogens with zero attached hydrogens (tertiary/aromatic N) is 3. The van der Waals surface area contributed by atoms with Gasteiger partial charge in [0.1, 0.15) is 11.3 Å². The number of hydrogen-bond acceptors (Lipinski definition) is 2. The van der Waals surface area contributed by atoms with Crippen LogP contribution in [0.3, 0.4) is 0 Å². The van der Waals surface area contributed by atoms with Crippen LogP contribution in [0.1, 0.15) is 37.5 Å². The topological polar surface area (TPSA) is 21.1 Å². The first kappa shape index (κ1) is 13.5. The predicted octanol–water partition coefficient (Wildman–Crippen LogP) is 3.71. The molecule has 2 aliphatic rings. The molecule has 2 saturated heterocycles. The highest BCUT2D eigenvalue weighted by Gasteiger charge is 2.38. The Morgan fingerprint density at radius 1 is 1.19 bits per heavy atom. The summed E-state index contributed by atoms with van der Waals surface area (Å²) < 4.78 is 16.2. The second-order valence-corrected chi connectivity index (χ2v) is 6.36. The molecule has 3 nitrogen and oxygen atoms in total. The van der Waals surface area contributed by atoms with E-state index >= 15 is 0 Å². The Morgan fingerprint density at radius 2 is 2.10 bits per heavy atom. The van der Waals surface area contributed by atoms with Gasteiger partial charge in [-0.15, -0.1) is 11.6 Å². The van der Waals surface area contributed by atoms with Crippen molar-refractivity contribution in [3.8, 4) is 0 Å². The first-order valence-electron chi connectivity index (χ1n) is 7.75. The number of hydrogen-bond donors (Lipinski definition) is 0. The summed E-state index contributed by atoms with van der Waals surface area (Å²) in [6.07, 6.45) is 4.91. The second kappa shape index (κ2) is 5.25. The van der Waals surface area contributed by atoms with Crippen molar-refractivity contribution in [2.45, 2.75) is 43.6 Å². The second-order valence-electron chi connectivity index (χ2n) is 6.09. The zero-order valence-corrected chi connectivity index (χ0v) is 12.7. The van der Waals surface area contributed by atoms with E-state index in [0.717, 1.165) is 24.3 Å². The molecule has 1 aromatic carbocycles. The number of rotatable bonds is 2. The summed E-state index contributed by atoms with van der Waals surface area (Å²) in [6, 6.07) is 6.14. The van der Waals surface area contributed by atoms with Gasteiger partial charge in [-0.05, 0) is 37.9 Å². The number of piperidine rings is 1. The van der Waals surface area contributed by atoms with Crippen LogP contribution in [0.5, 0.6) is 0 Å². The summed E-state index contributed by atoms with van der Waals surface area (Å²) >= 11 is 6.09. The highest BCUT2D eigenvalue weighted by Crippen LogP contribution is 2.38. The molecule has 0 bridgehead atoms. The van der Waals surface area contributed by atoms with Gasteiger partial charge in [0.05, 0.1) is 17.4 Å². The molecular formula is C16H19ClFN3. The molecule has 4 rings (SSSR count). The van der Waals surface area contributed by atoms with E-state index in [1.165, 1.54) is 31.9 Å². The summed E-state index contributed by atoms with van der Waals surface area (Å²) in [7, 11) is 0. The van der Waals surface area contributed by atoms with Crippen molar-refractivity contribution in [2.24, 2.45) is 0 Å². The Hall–Kier alpha value is -1.13. The molecule has 0 N–H and O–H groups in total. The summed E-state index contributed by atoms with van der Waals surface area (Å²) in [5.41, 5.74) is 1.35. The van der Waals surface area contributed by atoms with Crippen molar-refractivity contribution in [2.75, 3.05) is 13.1 Å². The minimum Gasteiger partial charge on any atom is -0.322 e. The highest BCUT2D eigenvalue weighted by atomic mass is 35.5. The van der Waals surface area contributed by atoms with E-state index in [-0.39, 0.29) is 5.82 Å². The number of aromatic nitrogens is 2. The standard InChI is InChI=1S/C16H19ClFN3/c17-10-15-19-16-11(18)4-3-6-14(16)21(15)13-7-9-20-8-2-1-5-12(13)20/h3-4,6,12-13H,1-2,5,7-10H2. The van der Waals surface area contributed by atoms with Crippen LogP contribution in [-0.2, 0) is 5.88 Å². The number of alkyl halides is 1. The van der Waals surface area contributed by atoms with Crippen LogP contribution in [0.2, 0.25) is 0 Å². The third kappa shape index (κ3) is 2.08. The third-order valence-electron chi connectivity index (χ3n) is 5.02. The number of benzene rings is 1. The summed E-state index contributed by atoms with van der Waals surface area (Å²) in [5, 5.41) is 0. The molecule has 2 unspecified atom stereocenters. The molecule has 2 fully saturated rings.